The van der Waals surface area contributed by atoms with Crippen molar-refractivity contribution in [2.24, 2.45) is 0 Å². The van der Waals surface area contributed by atoms with Gasteiger partial charge in [-0.2, -0.15) is 0 Å². The Hall–Kier alpha value is -2.97. The van der Waals surface area contributed by atoms with E-state index in [1.165, 1.54) is 35.6 Å². The molecule has 4 rings (SSSR count). The van der Waals surface area contributed by atoms with E-state index >= 15 is 0 Å². The maximum Gasteiger partial charge on any atom is 0.275 e. The molecule has 1 aliphatic heterocycles. The van der Waals surface area contributed by atoms with Crippen LogP contribution in [0, 0.1) is 5.82 Å². The normalized spacial score (nSPS) is 13.5. The highest BCUT2D eigenvalue weighted by atomic mass is 35.5. The highest BCUT2D eigenvalue weighted by Crippen LogP contribution is 2.32. The van der Waals surface area contributed by atoms with Crippen LogP contribution in [0.25, 0.3) is 0 Å². The molecule has 6 nitrogen and oxygen atoms in total. The van der Waals surface area contributed by atoms with Gasteiger partial charge in [0.25, 0.3) is 5.91 Å². The molecule has 0 bridgehead atoms. The van der Waals surface area contributed by atoms with E-state index in [9.17, 15) is 14.0 Å². The number of nitrogens with one attached hydrogen (secondary N) is 1. The largest absolute Gasteiger partial charge is 0.486 e. The van der Waals surface area contributed by atoms with Crippen molar-refractivity contribution < 1.29 is 18.7 Å². The van der Waals surface area contributed by atoms with Crippen LogP contribution in [0.1, 0.15) is 28.3 Å². The number of hydrogen-bond donors (Lipinski definition) is 1. The minimum absolute atomic E-state index is 0.0477. The van der Waals surface area contributed by atoms with Gasteiger partial charge in [-0.15, -0.1) is 11.3 Å². The van der Waals surface area contributed by atoms with Gasteiger partial charge in [-0.05, 0) is 48.9 Å². The van der Waals surface area contributed by atoms with Crippen molar-refractivity contribution in [2.75, 3.05) is 16.8 Å². The molecule has 0 radical (unpaired) electrons. The van der Waals surface area contributed by atoms with Gasteiger partial charge in [-0.25, -0.2) is 9.37 Å². The van der Waals surface area contributed by atoms with Gasteiger partial charge < -0.3 is 15.0 Å². The van der Waals surface area contributed by atoms with Crippen LogP contribution in [0.4, 0.5) is 15.8 Å². The molecule has 3 aromatic rings. The number of rotatable bonds is 6. The molecule has 1 N–H and O–H groups in total. The van der Waals surface area contributed by atoms with Gasteiger partial charge in [0.2, 0.25) is 5.91 Å². The van der Waals surface area contributed by atoms with Crippen LogP contribution in [-0.4, -0.2) is 23.3 Å². The molecule has 30 heavy (non-hydrogen) atoms. The lowest BCUT2D eigenvalue weighted by Gasteiger charge is -2.18. The maximum absolute atomic E-state index is 12.9. The average Bonchev–Trinajstić information content (AvgIpc) is 3.37. The second-order valence-electron chi connectivity index (χ2n) is 6.64. The number of amides is 2. The molecule has 2 amide bonds. The zero-order chi connectivity index (χ0) is 21.1. The van der Waals surface area contributed by atoms with Crippen molar-refractivity contribution in [3.8, 4) is 5.75 Å². The van der Waals surface area contributed by atoms with Crippen LogP contribution in [0.5, 0.6) is 5.75 Å². The lowest BCUT2D eigenvalue weighted by atomic mass is 10.2. The minimum atomic E-state index is -0.375. The summed E-state index contributed by atoms with van der Waals surface area (Å²) in [5, 5.41) is 5.41. The van der Waals surface area contributed by atoms with E-state index in [2.05, 4.69) is 10.3 Å². The van der Waals surface area contributed by atoms with Crippen LogP contribution < -0.4 is 15.0 Å². The third-order valence-corrected chi connectivity index (χ3v) is 5.66. The van der Waals surface area contributed by atoms with Gasteiger partial charge in [0, 0.05) is 24.0 Å². The summed E-state index contributed by atoms with van der Waals surface area (Å²) in [5.41, 5.74) is 1.41. The summed E-state index contributed by atoms with van der Waals surface area (Å²) in [6.07, 6.45) is 1.33. The van der Waals surface area contributed by atoms with Crippen molar-refractivity contribution in [2.45, 2.75) is 19.4 Å². The fourth-order valence-corrected chi connectivity index (χ4v) is 4.03. The first-order valence-corrected chi connectivity index (χ1v) is 10.5. The van der Waals surface area contributed by atoms with Crippen LogP contribution in [0.15, 0.2) is 47.8 Å². The Balaban J connectivity index is 1.37. The fraction of sp³-hybridized carbons (Fsp3) is 0.190. The lowest BCUT2D eigenvalue weighted by Crippen LogP contribution is -2.24. The molecule has 9 heteroatoms. The van der Waals surface area contributed by atoms with Crippen molar-refractivity contribution in [1.82, 2.24) is 4.98 Å². The van der Waals surface area contributed by atoms with E-state index < -0.39 is 0 Å². The number of halogens is 2. The molecule has 0 saturated carbocycles. The summed E-state index contributed by atoms with van der Waals surface area (Å²) in [6.45, 7) is 0.819. The minimum Gasteiger partial charge on any atom is -0.486 e. The van der Waals surface area contributed by atoms with Gasteiger partial charge >= 0.3 is 0 Å². The molecule has 0 unspecified atom stereocenters. The second kappa shape index (κ2) is 8.81. The number of hydrogen-bond acceptors (Lipinski definition) is 5. The van der Waals surface area contributed by atoms with Crippen molar-refractivity contribution >= 4 is 46.1 Å². The highest BCUT2D eigenvalue weighted by Gasteiger charge is 2.23. The van der Waals surface area contributed by atoms with E-state index in [1.54, 1.807) is 28.5 Å². The Morgan fingerprint density at radius 3 is 2.77 bits per heavy atom. The molecular formula is C21H17ClFN3O3S. The van der Waals surface area contributed by atoms with Crippen LogP contribution >= 0.6 is 22.9 Å². The van der Waals surface area contributed by atoms with Gasteiger partial charge in [0.15, 0.2) is 0 Å². The van der Waals surface area contributed by atoms with E-state index in [1.807, 2.05) is 0 Å². The molecule has 0 aliphatic carbocycles. The number of carbonyl (C=O) groups excluding carboxylic acids is 2. The predicted molar refractivity (Wildman–Crippen MR) is 114 cm³/mol. The summed E-state index contributed by atoms with van der Waals surface area (Å²) in [5.74, 6) is -0.147. The average molecular weight is 446 g/mol. The smallest absolute Gasteiger partial charge is 0.275 e. The quantitative estimate of drug-likeness (QED) is 0.586. The zero-order valence-electron chi connectivity index (χ0n) is 15.7. The Bertz CT molecular complexity index is 1090. The SMILES string of the molecule is O=C(Nc1ccc(N2CCCC2=O)c(Cl)c1)c1csc(COc2ccc(F)cc2)n1. The topological polar surface area (TPSA) is 71.5 Å². The maximum atomic E-state index is 12.9. The standard InChI is InChI=1S/C21H17ClFN3O3S/c22-16-10-14(5-8-18(16)26-9-1-2-20(26)27)24-21(28)17-12-30-19(25-17)11-29-15-6-3-13(23)4-7-15/h3-8,10,12H,1-2,9,11H2,(H,24,28). The molecule has 1 saturated heterocycles. The first-order chi connectivity index (χ1) is 14.5. The first kappa shape index (κ1) is 20.3. The number of benzene rings is 2. The molecule has 2 heterocycles. The monoisotopic (exact) mass is 445 g/mol. The number of aromatic nitrogens is 1. The molecule has 1 aliphatic rings. The first-order valence-electron chi connectivity index (χ1n) is 9.23. The fourth-order valence-electron chi connectivity index (χ4n) is 3.06. The van der Waals surface area contributed by atoms with Crippen molar-refractivity contribution in [1.29, 1.82) is 0 Å². The molecule has 2 aromatic carbocycles. The van der Waals surface area contributed by atoms with Gasteiger partial charge in [-0.1, -0.05) is 11.6 Å². The highest BCUT2D eigenvalue weighted by molar-refractivity contribution is 7.09. The zero-order valence-corrected chi connectivity index (χ0v) is 17.3. The summed E-state index contributed by atoms with van der Waals surface area (Å²) < 4.78 is 18.5. The van der Waals surface area contributed by atoms with Crippen molar-refractivity contribution in [3.05, 3.63) is 69.4 Å². The lowest BCUT2D eigenvalue weighted by molar-refractivity contribution is -0.117. The number of anilines is 2. The second-order valence-corrected chi connectivity index (χ2v) is 7.99. The van der Waals surface area contributed by atoms with E-state index in [-0.39, 0.29) is 29.9 Å². The van der Waals surface area contributed by atoms with Gasteiger partial charge in [-0.3, -0.25) is 9.59 Å². The van der Waals surface area contributed by atoms with Crippen LogP contribution in [0.2, 0.25) is 5.02 Å². The van der Waals surface area contributed by atoms with Crippen LogP contribution in [0.3, 0.4) is 0 Å². The summed E-state index contributed by atoms with van der Waals surface area (Å²) in [7, 11) is 0. The summed E-state index contributed by atoms with van der Waals surface area (Å²) in [6, 6.07) is 10.7. The molecule has 154 valence electrons. The van der Waals surface area contributed by atoms with Gasteiger partial charge in [0.05, 0.1) is 10.7 Å². The Kier molecular flexibility index (Phi) is 5.96. The van der Waals surface area contributed by atoms with E-state index in [4.69, 9.17) is 16.3 Å². The summed E-state index contributed by atoms with van der Waals surface area (Å²) in [4.78, 5) is 30.3. The number of nitrogens with zero attached hydrogens (tertiary/aromatic N) is 2. The van der Waals surface area contributed by atoms with E-state index in [0.717, 1.165) is 6.42 Å². The Labute approximate surface area is 181 Å². The number of ether oxygens (including phenoxy) is 1. The Morgan fingerprint density at radius 2 is 2.07 bits per heavy atom. The van der Waals surface area contributed by atoms with Crippen molar-refractivity contribution in [3.63, 3.8) is 0 Å². The molecule has 0 atom stereocenters. The number of thiazole rings is 1. The third kappa shape index (κ3) is 4.60. The molecule has 0 spiro atoms. The van der Waals surface area contributed by atoms with E-state index in [0.29, 0.717) is 40.1 Å². The molecule has 1 fully saturated rings. The number of carbonyl (C=O) groups is 2. The third-order valence-electron chi connectivity index (χ3n) is 4.53. The van der Waals surface area contributed by atoms with Crippen LogP contribution in [-0.2, 0) is 11.4 Å². The van der Waals surface area contributed by atoms with Gasteiger partial charge in [0.1, 0.15) is 28.9 Å². The summed E-state index contributed by atoms with van der Waals surface area (Å²) >= 11 is 7.61. The molecule has 1 aromatic heterocycles. The Morgan fingerprint density at radius 1 is 1.27 bits per heavy atom. The molecular weight excluding hydrogens is 429 g/mol. The predicted octanol–water partition coefficient (Wildman–Crippen LogP) is 4.89.